The van der Waals surface area contributed by atoms with Gasteiger partial charge in [-0.25, -0.2) is 4.79 Å². The summed E-state index contributed by atoms with van der Waals surface area (Å²) < 4.78 is 5.01. The minimum absolute atomic E-state index is 0.0450. The molecule has 2 heterocycles. The monoisotopic (exact) mass is 407 g/mol. The lowest BCUT2D eigenvalue weighted by Gasteiger charge is -2.38. The van der Waals surface area contributed by atoms with Crippen LogP contribution < -0.4 is 0 Å². The Kier molecular flexibility index (Phi) is 6.78. The van der Waals surface area contributed by atoms with Crippen molar-refractivity contribution in [2.75, 3.05) is 45.9 Å². The number of amides is 3. The molecule has 152 valence electrons. The second kappa shape index (κ2) is 9.28. The van der Waals surface area contributed by atoms with E-state index < -0.39 is 0 Å². The number of hydrogen-bond acceptors (Lipinski definition) is 4. The SMILES string of the molecule is CCOC(=O)N1CCN(C(=O)C2CCN(C(=O)c3cccc(Cl)c3)CC2)CC1. The summed E-state index contributed by atoms with van der Waals surface area (Å²) in [6, 6.07) is 6.94. The molecule has 0 aliphatic carbocycles. The maximum absolute atomic E-state index is 12.8. The second-order valence-corrected chi connectivity index (χ2v) is 7.52. The minimum Gasteiger partial charge on any atom is -0.450 e. The van der Waals surface area contributed by atoms with E-state index in [1.54, 1.807) is 41.0 Å². The van der Waals surface area contributed by atoms with Crippen LogP contribution in [0.2, 0.25) is 5.02 Å². The van der Waals surface area contributed by atoms with Crippen molar-refractivity contribution in [2.24, 2.45) is 5.92 Å². The van der Waals surface area contributed by atoms with Crippen molar-refractivity contribution >= 4 is 29.5 Å². The maximum Gasteiger partial charge on any atom is 0.409 e. The zero-order valence-corrected chi connectivity index (χ0v) is 16.9. The third-order valence-electron chi connectivity index (χ3n) is 5.32. The van der Waals surface area contributed by atoms with Gasteiger partial charge in [-0.05, 0) is 38.0 Å². The van der Waals surface area contributed by atoms with Crippen molar-refractivity contribution in [3.8, 4) is 0 Å². The van der Waals surface area contributed by atoms with E-state index in [9.17, 15) is 14.4 Å². The van der Waals surface area contributed by atoms with Gasteiger partial charge in [-0.1, -0.05) is 17.7 Å². The van der Waals surface area contributed by atoms with Crippen molar-refractivity contribution in [2.45, 2.75) is 19.8 Å². The van der Waals surface area contributed by atoms with E-state index in [0.29, 0.717) is 69.3 Å². The second-order valence-electron chi connectivity index (χ2n) is 7.09. The molecule has 0 radical (unpaired) electrons. The molecule has 28 heavy (non-hydrogen) atoms. The van der Waals surface area contributed by atoms with E-state index in [-0.39, 0.29) is 23.8 Å². The normalized spacial score (nSPS) is 18.1. The van der Waals surface area contributed by atoms with Crippen LogP contribution >= 0.6 is 11.6 Å². The van der Waals surface area contributed by atoms with Crippen LogP contribution in [-0.4, -0.2) is 78.5 Å². The van der Waals surface area contributed by atoms with Crippen molar-refractivity contribution in [1.29, 1.82) is 0 Å². The smallest absolute Gasteiger partial charge is 0.409 e. The number of ether oxygens (including phenoxy) is 1. The summed E-state index contributed by atoms with van der Waals surface area (Å²) in [7, 11) is 0. The van der Waals surface area contributed by atoms with Gasteiger partial charge in [-0.2, -0.15) is 0 Å². The fourth-order valence-corrected chi connectivity index (χ4v) is 3.91. The zero-order valence-electron chi connectivity index (χ0n) is 16.1. The average Bonchev–Trinajstić information content (AvgIpc) is 2.73. The Bertz CT molecular complexity index is 726. The fraction of sp³-hybridized carbons (Fsp3) is 0.550. The maximum atomic E-state index is 12.8. The lowest BCUT2D eigenvalue weighted by atomic mass is 9.94. The summed E-state index contributed by atoms with van der Waals surface area (Å²) >= 11 is 5.97. The Labute approximate surface area is 170 Å². The molecule has 3 rings (SSSR count). The van der Waals surface area contributed by atoms with Crippen LogP contribution in [0.1, 0.15) is 30.1 Å². The molecule has 0 unspecified atom stereocenters. The molecule has 2 fully saturated rings. The standard InChI is InChI=1S/C20H26ClN3O4/c1-2-28-20(27)24-12-10-23(11-13-24)18(25)15-6-8-22(9-7-15)19(26)16-4-3-5-17(21)14-16/h3-5,14-15H,2,6-13H2,1H3. The molecule has 1 aromatic rings. The predicted molar refractivity (Wildman–Crippen MR) is 105 cm³/mol. The van der Waals surface area contributed by atoms with Crippen LogP contribution in [0.4, 0.5) is 4.79 Å². The van der Waals surface area contributed by atoms with Gasteiger partial charge >= 0.3 is 6.09 Å². The van der Waals surface area contributed by atoms with E-state index in [0.717, 1.165) is 0 Å². The highest BCUT2D eigenvalue weighted by atomic mass is 35.5. The van der Waals surface area contributed by atoms with Gasteiger partial charge in [0.2, 0.25) is 5.91 Å². The van der Waals surface area contributed by atoms with Crippen molar-refractivity contribution in [3.05, 3.63) is 34.9 Å². The lowest BCUT2D eigenvalue weighted by molar-refractivity contribution is -0.138. The van der Waals surface area contributed by atoms with Gasteiger partial charge in [-0.3, -0.25) is 9.59 Å². The van der Waals surface area contributed by atoms with Gasteiger partial charge in [0.05, 0.1) is 6.61 Å². The molecule has 2 aliphatic rings. The molecule has 0 atom stereocenters. The molecule has 2 saturated heterocycles. The third-order valence-corrected chi connectivity index (χ3v) is 5.56. The van der Waals surface area contributed by atoms with E-state index in [2.05, 4.69) is 0 Å². The molecule has 0 spiro atoms. The number of hydrogen-bond donors (Lipinski definition) is 0. The number of piperidine rings is 1. The van der Waals surface area contributed by atoms with Gasteiger partial charge in [0.25, 0.3) is 5.91 Å². The first-order valence-electron chi connectivity index (χ1n) is 9.75. The molecule has 0 N–H and O–H groups in total. The number of halogens is 1. The number of likely N-dealkylation sites (tertiary alicyclic amines) is 1. The molecule has 0 saturated carbocycles. The van der Waals surface area contributed by atoms with Gasteiger partial charge in [-0.15, -0.1) is 0 Å². The van der Waals surface area contributed by atoms with Crippen LogP contribution in [0.25, 0.3) is 0 Å². The number of rotatable bonds is 3. The first-order valence-corrected chi connectivity index (χ1v) is 10.1. The minimum atomic E-state index is -0.317. The number of benzene rings is 1. The van der Waals surface area contributed by atoms with E-state index in [1.165, 1.54) is 0 Å². The van der Waals surface area contributed by atoms with Gasteiger partial charge in [0.15, 0.2) is 0 Å². The highest BCUT2D eigenvalue weighted by Gasteiger charge is 2.32. The summed E-state index contributed by atoms with van der Waals surface area (Å²) in [6.07, 6.45) is 0.995. The Morgan fingerprint density at radius 3 is 2.25 bits per heavy atom. The number of piperazine rings is 1. The van der Waals surface area contributed by atoms with E-state index in [1.807, 2.05) is 4.90 Å². The Morgan fingerprint density at radius 1 is 1.00 bits per heavy atom. The summed E-state index contributed by atoms with van der Waals surface area (Å²) in [5, 5.41) is 0.540. The molecule has 7 nitrogen and oxygen atoms in total. The van der Waals surface area contributed by atoms with Crippen molar-refractivity contribution < 1.29 is 19.1 Å². The van der Waals surface area contributed by atoms with Crippen LogP contribution in [0.3, 0.4) is 0 Å². The summed E-state index contributed by atoms with van der Waals surface area (Å²) in [5.41, 5.74) is 0.576. The number of nitrogens with zero attached hydrogens (tertiary/aromatic N) is 3. The molecule has 1 aromatic carbocycles. The predicted octanol–water partition coefficient (Wildman–Crippen LogP) is 2.49. The molecule has 8 heteroatoms. The Morgan fingerprint density at radius 2 is 1.64 bits per heavy atom. The van der Waals surface area contributed by atoms with E-state index >= 15 is 0 Å². The first-order chi connectivity index (χ1) is 13.5. The Hall–Kier alpha value is -2.28. The van der Waals surface area contributed by atoms with Crippen LogP contribution in [-0.2, 0) is 9.53 Å². The summed E-state index contributed by atoms with van der Waals surface area (Å²) in [4.78, 5) is 42.4. The highest BCUT2D eigenvalue weighted by Crippen LogP contribution is 2.23. The number of carbonyl (C=O) groups excluding carboxylic acids is 3. The van der Waals surface area contributed by atoms with Crippen molar-refractivity contribution in [3.63, 3.8) is 0 Å². The quantitative estimate of drug-likeness (QED) is 0.771. The van der Waals surface area contributed by atoms with Crippen LogP contribution in [0.15, 0.2) is 24.3 Å². The highest BCUT2D eigenvalue weighted by molar-refractivity contribution is 6.30. The molecular weight excluding hydrogens is 382 g/mol. The topological polar surface area (TPSA) is 70.2 Å². The van der Waals surface area contributed by atoms with Crippen LogP contribution in [0, 0.1) is 5.92 Å². The largest absolute Gasteiger partial charge is 0.450 e. The summed E-state index contributed by atoms with van der Waals surface area (Å²) in [5.74, 6) is 0.00682. The molecular formula is C20H26ClN3O4. The van der Waals surface area contributed by atoms with Gasteiger partial charge in [0, 0.05) is 55.8 Å². The molecule has 0 aromatic heterocycles. The lowest BCUT2D eigenvalue weighted by Crippen LogP contribution is -2.53. The van der Waals surface area contributed by atoms with Gasteiger partial charge < -0.3 is 19.4 Å². The summed E-state index contributed by atoms with van der Waals surface area (Å²) in [6.45, 7) is 5.30. The first kappa shape index (κ1) is 20.5. The molecule has 0 bridgehead atoms. The van der Waals surface area contributed by atoms with Crippen LogP contribution in [0.5, 0.6) is 0 Å². The molecule has 2 aliphatic heterocycles. The number of carbonyl (C=O) groups is 3. The van der Waals surface area contributed by atoms with E-state index in [4.69, 9.17) is 16.3 Å². The average molecular weight is 408 g/mol. The third kappa shape index (κ3) is 4.76. The zero-order chi connectivity index (χ0) is 20.1. The van der Waals surface area contributed by atoms with Crippen molar-refractivity contribution in [1.82, 2.24) is 14.7 Å². The van der Waals surface area contributed by atoms with Gasteiger partial charge in [0.1, 0.15) is 0 Å². The fourth-order valence-electron chi connectivity index (χ4n) is 3.72. The molecule has 3 amide bonds. The Balaban J connectivity index is 1.48.